The van der Waals surface area contributed by atoms with Crippen LogP contribution in [0.2, 0.25) is 0 Å². The first kappa shape index (κ1) is 14.1. The van der Waals surface area contributed by atoms with Crippen molar-refractivity contribution in [3.63, 3.8) is 0 Å². The predicted octanol–water partition coefficient (Wildman–Crippen LogP) is 3.23. The fourth-order valence-corrected chi connectivity index (χ4v) is 3.01. The number of nitrogens with zero attached hydrogens (tertiary/aromatic N) is 3. The second-order valence-electron chi connectivity index (χ2n) is 5.59. The van der Waals surface area contributed by atoms with Crippen LogP contribution in [0.3, 0.4) is 0 Å². The summed E-state index contributed by atoms with van der Waals surface area (Å²) in [6.45, 7) is 6.20. The van der Waals surface area contributed by atoms with Gasteiger partial charge in [-0.15, -0.1) is 0 Å². The van der Waals surface area contributed by atoms with Gasteiger partial charge in [0.1, 0.15) is 18.0 Å². The molecule has 0 unspecified atom stereocenters. The molecular formula is C15H26N4. The molecule has 19 heavy (non-hydrogen) atoms. The first-order valence-corrected chi connectivity index (χ1v) is 7.49. The number of hydrogen-bond acceptors (Lipinski definition) is 4. The minimum atomic E-state index is 0.829. The molecule has 1 fully saturated rings. The third kappa shape index (κ3) is 3.58. The maximum absolute atomic E-state index is 4.46. The van der Waals surface area contributed by atoms with Crippen LogP contribution in [0.1, 0.15) is 44.6 Å². The van der Waals surface area contributed by atoms with E-state index in [0.717, 1.165) is 36.2 Å². The number of hydrogen-bond donors (Lipinski definition) is 1. The number of aromatic nitrogens is 2. The van der Waals surface area contributed by atoms with E-state index in [-0.39, 0.29) is 0 Å². The van der Waals surface area contributed by atoms with Crippen LogP contribution < -0.4 is 10.2 Å². The van der Waals surface area contributed by atoms with Gasteiger partial charge in [-0.3, -0.25) is 0 Å². The van der Waals surface area contributed by atoms with E-state index < -0.39 is 0 Å². The van der Waals surface area contributed by atoms with Crippen LogP contribution in [0.25, 0.3) is 0 Å². The van der Waals surface area contributed by atoms with Crippen molar-refractivity contribution in [2.24, 2.45) is 5.92 Å². The minimum absolute atomic E-state index is 0.829. The lowest BCUT2D eigenvalue weighted by Gasteiger charge is -2.28. The Morgan fingerprint density at radius 2 is 2.00 bits per heavy atom. The molecule has 1 aromatic rings. The lowest BCUT2D eigenvalue weighted by atomic mass is 9.89. The second-order valence-corrected chi connectivity index (χ2v) is 5.59. The van der Waals surface area contributed by atoms with E-state index in [1.807, 2.05) is 0 Å². The molecule has 1 aliphatic rings. The minimum Gasteiger partial charge on any atom is -0.370 e. The SMILES string of the molecule is CCNc1ncnc(N(C)CC2CCCCC2)c1C. The molecule has 0 saturated heterocycles. The van der Waals surface area contributed by atoms with Crippen LogP contribution in [0.4, 0.5) is 11.6 Å². The molecule has 1 N–H and O–H groups in total. The Morgan fingerprint density at radius 1 is 1.26 bits per heavy atom. The van der Waals surface area contributed by atoms with E-state index >= 15 is 0 Å². The van der Waals surface area contributed by atoms with E-state index in [9.17, 15) is 0 Å². The Bertz CT molecular complexity index is 399. The van der Waals surface area contributed by atoms with Crippen LogP contribution in [0, 0.1) is 12.8 Å². The number of anilines is 2. The fraction of sp³-hybridized carbons (Fsp3) is 0.733. The molecule has 0 bridgehead atoms. The van der Waals surface area contributed by atoms with Crippen molar-refractivity contribution in [2.45, 2.75) is 46.0 Å². The molecule has 4 heteroatoms. The van der Waals surface area contributed by atoms with Crippen LogP contribution >= 0.6 is 0 Å². The lowest BCUT2D eigenvalue weighted by Crippen LogP contribution is -2.28. The molecule has 1 aromatic heterocycles. The second kappa shape index (κ2) is 6.73. The van der Waals surface area contributed by atoms with E-state index in [0.29, 0.717) is 0 Å². The molecular weight excluding hydrogens is 236 g/mol. The third-order valence-electron chi connectivity index (χ3n) is 4.02. The number of nitrogens with one attached hydrogen (secondary N) is 1. The van der Waals surface area contributed by atoms with Gasteiger partial charge in [-0.2, -0.15) is 0 Å². The van der Waals surface area contributed by atoms with Crippen molar-refractivity contribution < 1.29 is 0 Å². The maximum Gasteiger partial charge on any atom is 0.136 e. The largest absolute Gasteiger partial charge is 0.370 e. The zero-order valence-corrected chi connectivity index (χ0v) is 12.4. The Balaban J connectivity index is 2.05. The standard InChI is InChI=1S/C15H26N4/c1-4-16-14-12(2)15(18-11-17-14)19(3)10-13-8-6-5-7-9-13/h11,13H,4-10H2,1-3H3,(H,16,17,18). The highest BCUT2D eigenvalue weighted by atomic mass is 15.2. The molecule has 4 nitrogen and oxygen atoms in total. The number of rotatable bonds is 5. The maximum atomic E-state index is 4.46. The van der Waals surface area contributed by atoms with Gasteiger partial charge in [-0.1, -0.05) is 19.3 Å². The van der Waals surface area contributed by atoms with Crippen LogP contribution in [0.15, 0.2) is 6.33 Å². The average Bonchev–Trinajstić information content (AvgIpc) is 2.42. The fourth-order valence-electron chi connectivity index (χ4n) is 3.01. The molecule has 0 atom stereocenters. The smallest absolute Gasteiger partial charge is 0.136 e. The summed E-state index contributed by atoms with van der Waals surface area (Å²) in [6.07, 6.45) is 8.60. The van der Waals surface area contributed by atoms with E-state index in [2.05, 4.69) is 41.1 Å². The quantitative estimate of drug-likeness (QED) is 0.884. The van der Waals surface area contributed by atoms with Gasteiger partial charge in [-0.05, 0) is 32.6 Å². The summed E-state index contributed by atoms with van der Waals surface area (Å²) in [4.78, 5) is 11.1. The summed E-state index contributed by atoms with van der Waals surface area (Å²) in [5.74, 6) is 2.86. The molecule has 0 amide bonds. The third-order valence-corrected chi connectivity index (χ3v) is 4.02. The molecule has 1 saturated carbocycles. The van der Waals surface area contributed by atoms with Gasteiger partial charge in [-0.25, -0.2) is 9.97 Å². The lowest BCUT2D eigenvalue weighted by molar-refractivity contribution is 0.361. The van der Waals surface area contributed by atoms with Gasteiger partial charge in [0, 0.05) is 25.7 Å². The molecule has 0 radical (unpaired) electrons. The monoisotopic (exact) mass is 262 g/mol. The first-order chi connectivity index (χ1) is 9.22. The highest BCUT2D eigenvalue weighted by Crippen LogP contribution is 2.27. The van der Waals surface area contributed by atoms with Gasteiger partial charge in [0.2, 0.25) is 0 Å². The Labute approximate surface area is 116 Å². The topological polar surface area (TPSA) is 41.1 Å². The Hall–Kier alpha value is -1.32. The molecule has 2 rings (SSSR count). The van der Waals surface area contributed by atoms with Crippen molar-refractivity contribution >= 4 is 11.6 Å². The normalized spacial score (nSPS) is 16.4. The summed E-state index contributed by atoms with van der Waals surface area (Å²) in [7, 11) is 2.15. The molecule has 0 spiro atoms. The van der Waals surface area contributed by atoms with Crippen molar-refractivity contribution in [1.29, 1.82) is 0 Å². The highest BCUT2D eigenvalue weighted by molar-refractivity contribution is 5.57. The van der Waals surface area contributed by atoms with Crippen LogP contribution in [0.5, 0.6) is 0 Å². The molecule has 0 aliphatic heterocycles. The zero-order chi connectivity index (χ0) is 13.7. The van der Waals surface area contributed by atoms with Crippen LogP contribution in [-0.4, -0.2) is 30.1 Å². The summed E-state index contributed by atoms with van der Waals surface area (Å²) < 4.78 is 0. The summed E-state index contributed by atoms with van der Waals surface area (Å²) in [5, 5.41) is 3.30. The van der Waals surface area contributed by atoms with Crippen molar-refractivity contribution in [3.05, 3.63) is 11.9 Å². The van der Waals surface area contributed by atoms with Crippen molar-refractivity contribution in [2.75, 3.05) is 30.4 Å². The van der Waals surface area contributed by atoms with Gasteiger partial charge >= 0.3 is 0 Å². The van der Waals surface area contributed by atoms with Gasteiger partial charge in [0.05, 0.1) is 0 Å². The predicted molar refractivity (Wildman–Crippen MR) is 80.8 cm³/mol. The first-order valence-electron chi connectivity index (χ1n) is 7.49. The molecule has 1 aliphatic carbocycles. The van der Waals surface area contributed by atoms with Crippen molar-refractivity contribution in [3.8, 4) is 0 Å². The zero-order valence-electron chi connectivity index (χ0n) is 12.4. The van der Waals surface area contributed by atoms with E-state index in [1.54, 1.807) is 6.33 Å². The molecule has 0 aromatic carbocycles. The van der Waals surface area contributed by atoms with E-state index in [4.69, 9.17) is 0 Å². The van der Waals surface area contributed by atoms with Gasteiger partial charge in [0.25, 0.3) is 0 Å². The molecule has 1 heterocycles. The van der Waals surface area contributed by atoms with Crippen molar-refractivity contribution in [1.82, 2.24) is 9.97 Å². The van der Waals surface area contributed by atoms with Gasteiger partial charge in [0.15, 0.2) is 0 Å². The Kier molecular flexibility index (Phi) is 5.00. The summed E-state index contributed by atoms with van der Waals surface area (Å²) in [5.41, 5.74) is 1.16. The molecule has 106 valence electrons. The van der Waals surface area contributed by atoms with E-state index in [1.165, 1.54) is 32.1 Å². The van der Waals surface area contributed by atoms with Gasteiger partial charge < -0.3 is 10.2 Å². The Morgan fingerprint density at radius 3 is 2.68 bits per heavy atom. The average molecular weight is 262 g/mol. The highest BCUT2D eigenvalue weighted by Gasteiger charge is 2.18. The van der Waals surface area contributed by atoms with Crippen LogP contribution in [-0.2, 0) is 0 Å². The summed E-state index contributed by atoms with van der Waals surface area (Å²) >= 11 is 0. The summed E-state index contributed by atoms with van der Waals surface area (Å²) in [6, 6.07) is 0.